The Balaban J connectivity index is 2.42. The molecule has 0 saturated heterocycles. The van der Waals surface area contributed by atoms with Crippen LogP contribution in [0.3, 0.4) is 0 Å². The number of rotatable bonds is 4. The number of nitrogens with two attached hydrogens (primary N) is 1. The molecule has 0 aliphatic heterocycles. The van der Waals surface area contributed by atoms with Crippen LogP contribution in [0.2, 0.25) is 0 Å². The fourth-order valence-electron chi connectivity index (χ4n) is 1.56. The quantitative estimate of drug-likeness (QED) is 0.513. The first-order valence-corrected chi connectivity index (χ1v) is 7.17. The molecule has 2 aromatic rings. The lowest BCUT2D eigenvalue weighted by atomic mass is 10.3. The van der Waals surface area contributed by atoms with Gasteiger partial charge in [0.15, 0.2) is 23.3 Å². The maximum atomic E-state index is 13.8. The third-order valence-corrected chi connectivity index (χ3v) is 3.84. The lowest BCUT2D eigenvalue weighted by molar-refractivity contribution is 0.412. The zero-order valence-corrected chi connectivity index (χ0v) is 13.8. The molecule has 112 valence electrons. The van der Waals surface area contributed by atoms with Crippen molar-refractivity contribution in [3.63, 3.8) is 0 Å². The summed E-state index contributed by atoms with van der Waals surface area (Å²) in [7, 11) is 1.50. The van der Waals surface area contributed by atoms with Crippen LogP contribution >= 0.6 is 31.9 Å². The predicted molar refractivity (Wildman–Crippen MR) is 83.6 cm³/mol. The normalized spacial score (nSPS) is 10.4. The van der Waals surface area contributed by atoms with Gasteiger partial charge in [-0.25, -0.2) is 19.6 Å². The number of hydrogen-bond donors (Lipinski definition) is 3. The third kappa shape index (κ3) is 3.42. The highest BCUT2D eigenvalue weighted by atomic mass is 79.9. The number of hydrazine groups is 1. The van der Waals surface area contributed by atoms with Crippen LogP contribution < -0.4 is 21.3 Å². The van der Waals surface area contributed by atoms with Gasteiger partial charge in [0.1, 0.15) is 5.75 Å². The van der Waals surface area contributed by atoms with Crippen molar-refractivity contribution < 1.29 is 13.5 Å². The minimum atomic E-state index is -0.881. The summed E-state index contributed by atoms with van der Waals surface area (Å²) in [5, 5.41) is 2.75. The number of nitrogens with one attached hydrogen (secondary N) is 2. The van der Waals surface area contributed by atoms with Crippen LogP contribution in [0.25, 0.3) is 0 Å². The summed E-state index contributed by atoms with van der Waals surface area (Å²) >= 11 is 6.65. The monoisotopic (exact) mass is 422 g/mol. The summed E-state index contributed by atoms with van der Waals surface area (Å²) in [4.78, 5) is 3.73. The molecule has 0 bridgehead atoms. The van der Waals surface area contributed by atoms with Crippen LogP contribution in [0.1, 0.15) is 0 Å². The standard InChI is InChI=1S/C12H10Br2F2N4O/c1-21-10-4-9(5(13)2-6(10)14)18-11-7(15)3-8(16)12(19-11)20-17/h2-4H,17H2,1H3,(H2,18,19,20). The number of nitrogen functional groups attached to an aromatic ring is 1. The Morgan fingerprint density at radius 2 is 1.76 bits per heavy atom. The minimum absolute atomic E-state index is 0.172. The van der Waals surface area contributed by atoms with E-state index >= 15 is 0 Å². The van der Waals surface area contributed by atoms with Crippen LogP contribution in [-0.4, -0.2) is 12.1 Å². The van der Waals surface area contributed by atoms with Crippen molar-refractivity contribution in [2.45, 2.75) is 0 Å². The minimum Gasteiger partial charge on any atom is -0.495 e. The van der Waals surface area contributed by atoms with Crippen molar-refractivity contribution in [3.05, 3.63) is 38.8 Å². The Morgan fingerprint density at radius 1 is 1.10 bits per heavy atom. The zero-order chi connectivity index (χ0) is 15.6. The van der Waals surface area contributed by atoms with Gasteiger partial charge in [-0.2, -0.15) is 0 Å². The Hall–Kier alpha value is -1.45. The van der Waals surface area contributed by atoms with Crippen LogP contribution in [0.5, 0.6) is 5.75 Å². The van der Waals surface area contributed by atoms with Crippen LogP contribution in [0.15, 0.2) is 27.1 Å². The summed E-state index contributed by atoms with van der Waals surface area (Å²) in [6, 6.07) is 4.05. The van der Waals surface area contributed by atoms with Crippen LogP contribution in [-0.2, 0) is 0 Å². The van der Waals surface area contributed by atoms with E-state index in [4.69, 9.17) is 10.6 Å². The number of ether oxygens (including phenoxy) is 1. The van der Waals surface area contributed by atoms with Gasteiger partial charge in [0.25, 0.3) is 0 Å². The predicted octanol–water partition coefficient (Wildman–Crippen LogP) is 3.92. The number of hydrogen-bond acceptors (Lipinski definition) is 5. The Labute approximate surface area is 136 Å². The number of methoxy groups -OCH3 is 1. The van der Waals surface area contributed by atoms with E-state index in [0.29, 0.717) is 22.0 Å². The molecule has 0 saturated carbocycles. The zero-order valence-electron chi connectivity index (χ0n) is 10.7. The molecule has 4 N–H and O–H groups in total. The van der Waals surface area contributed by atoms with E-state index in [1.807, 2.05) is 0 Å². The van der Waals surface area contributed by atoms with Crippen molar-refractivity contribution in [1.29, 1.82) is 0 Å². The largest absolute Gasteiger partial charge is 0.495 e. The molecule has 2 rings (SSSR count). The van der Waals surface area contributed by atoms with Crippen molar-refractivity contribution >= 4 is 49.2 Å². The first-order valence-electron chi connectivity index (χ1n) is 5.59. The van der Waals surface area contributed by atoms with Crippen molar-refractivity contribution in [3.8, 4) is 5.75 Å². The molecule has 1 aromatic carbocycles. The summed E-state index contributed by atoms with van der Waals surface area (Å²) in [6.45, 7) is 0. The van der Waals surface area contributed by atoms with Gasteiger partial charge in [-0.1, -0.05) is 0 Å². The fourth-order valence-corrected chi connectivity index (χ4v) is 2.82. The fraction of sp³-hybridized carbons (Fsp3) is 0.0833. The van der Waals surface area contributed by atoms with E-state index in [-0.39, 0.29) is 11.6 Å². The molecule has 0 atom stereocenters. The molecular weight excluding hydrogens is 414 g/mol. The van der Waals surface area contributed by atoms with Gasteiger partial charge in [-0.15, -0.1) is 0 Å². The highest BCUT2D eigenvalue weighted by molar-refractivity contribution is 9.11. The molecule has 1 heterocycles. The number of aromatic nitrogens is 1. The van der Waals surface area contributed by atoms with Gasteiger partial charge in [-0.05, 0) is 37.9 Å². The number of halogens is 4. The van der Waals surface area contributed by atoms with E-state index in [9.17, 15) is 8.78 Å². The van der Waals surface area contributed by atoms with Crippen LogP contribution in [0, 0.1) is 11.6 Å². The molecule has 1 aromatic heterocycles. The number of anilines is 3. The summed E-state index contributed by atoms with van der Waals surface area (Å²) in [5.74, 6) is 3.50. The van der Waals surface area contributed by atoms with E-state index in [1.165, 1.54) is 7.11 Å². The van der Waals surface area contributed by atoms with E-state index in [1.54, 1.807) is 12.1 Å². The summed E-state index contributed by atoms with van der Waals surface area (Å²) in [5.41, 5.74) is 2.55. The highest BCUT2D eigenvalue weighted by Crippen LogP contribution is 2.36. The lowest BCUT2D eigenvalue weighted by Crippen LogP contribution is -2.12. The lowest BCUT2D eigenvalue weighted by Gasteiger charge is -2.13. The van der Waals surface area contributed by atoms with Gasteiger partial charge >= 0.3 is 0 Å². The molecular formula is C12H10Br2F2N4O. The molecule has 21 heavy (non-hydrogen) atoms. The maximum absolute atomic E-state index is 13.8. The number of pyridine rings is 1. The average molecular weight is 424 g/mol. The third-order valence-electron chi connectivity index (χ3n) is 2.56. The van der Waals surface area contributed by atoms with Crippen LogP contribution in [0.4, 0.5) is 26.1 Å². The van der Waals surface area contributed by atoms with Gasteiger partial charge in [0, 0.05) is 16.6 Å². The average Bonchev–Trinajstić information content (AvgIpc) is 2.44. The number of benzene rings is 1. The van der Waals surface area contributed by atoms with E-state index in [2.05, 4.69) is 47.6 Å². The van der Waals surface area contributed by atoms with Gasteiger partial charge in [-0.3, -0.25) is 0 Å². The Kier molecular flexibility index (Phi) is 4.96. The van der Waals surface area contributed by atoms with Gasteiger partial charge in [0.05, 0.1) is 17.3 Å². The second kappa shape index (κ2) is 6.54. The maximum Gasteiger partial charge on any atom is 0.178 e. The SMILES string of the molecule is COc1cc(Nc2nc(NN)c(F)cc2F)c(Br)cc1Br. The van der Waals surface area contributed by atoms with E-state index < -0.39 is 11.6 Å². The van der Waals surface area contributed by atoms with Gasteiger partial charge < -0.3 is 15.5 Å². The van der Waals surface area contributed by atoms with Gasteiger partial charge in [0.2, 0.25) is 0 Å². The van der Waals surface area contributed by atoms with Crippen molar-refractivity contribution in [2.75, 3.05) is 17.9 Å². The smallest absolute Gasteiger partial charge is 0.178 e. The Bertz CT molecular complexity index is 627. The second-order valence-electron chi connectivity index (χ2n) is 3.89. The molecule has 5 nitrogen and oxygen atoms in total. The second-order valence-corrected chi connectivity index (χ2v) is 5.59. The molecule has 0 amide bonds. The molecule has 0 radical (unpaired) electrons. The van der Waals surface area contributed by atoms with Crippen molar-refractivity contribution in [2.24, 2.45) is 5.84 Å². The first-order chi connectivity index (χ1) is 9.96. The summed E-state index contributed by atoms with van der Waals surface area (Å²) < 4.78 is 33.6. The molecule has 0 spiro atoms. The molecule has 0 unspecified atom stereocenters. The number of nitrogens with zero attached hydrogens (tertiary/aromatic N) is 1. The Morgan fingerprint density at radius 3 is 2.38 bits per heavy atom. The van der Waals surface area contributed by atoms with E-state index in [0.717, 1.165) is 4.47 Å². The molecule has 9 heteroatoms. The molecule has 0 aliphatic carbocycles. The first kappa shape index (κ1) is 15.9. The highest BCUT2D eigenvalue weighted by Gasteiger charge is 2.14. The topological polar surface area (TPSA) is 72.2 Å². The summed E-state index contributed by atoms with van der Waals surface area (Å²) in [6.07, 6.45) is 0. The van der Waals surface area contributed by atoms with Crippen molar-refractivity contribution in [1.82, 2.24) is 4.98 Å². The molecule has 0 fully saturated rings. The molecule has 0 aliphatic rings.